The lowest BCUT2D eigenvalue weighted by Crippen LogP contribution is -2.20. The average Bonchev–Trinajstić information content (AvgIpc) is 2.98. The molecule has 1 aliphatic carbocycles. The Kier molecular flexibility index (Phi) is 5.79. The molecule has 26 heavy (non-hydrogen) atoms. The summed E-state index contributed by atoms with van der Waals surface area (Å²) in [6.45, 7) is 1.73. The van der Waals surface area contributed by atoms with Crippen LogP contribution in [0.15, 0.2) is 29.2 Å². The van der Waals surface area contributed by atoms with Crippen LogP contribution in [-0.4, -0.2) is 21.4 Å². The molecule has 1 amide bonds. The summed E-state index contributed by atoms with van der Waals surface area (Å²) in [4.78, 5) is 14.8. The summed E-state index contributed by atoms with van der Waals surface area (Å²) in [6, 6.07) is 6.93. The van der Waals surface area contributed by atoms with E-state index in [1.807, 2.05) is 6.07 Å². The van der Waals surface area contributed by atoms with Gasteiger partial charge in [-0.25, -0.2) is 13.1 Å². The van der Waals surface area contributed by atoms with Gasteiger partial charge >= 0.3 is 0 Å². The standard InChI is InChI=1S/C19H24N2O3S2/c1-13-9-10-15(12-18(13)26(23,24)20-2)21-19(22)17-11-14-7-5-3-4-6-8-16(14)25-17/h9-12,20H,3-8H2,1-2H3,(H,21,22). The van der Waals surface area contributed by atoms with Gasteiger partial charge < -0.3 is 5.32 Å². The second kappa shape index (κ2) is 7.90. The van der Waals surface area contributed by atoms with Crippen molar-refractivity contribution in [3.05, 3.63) is 45.1 Å². The van der Waals surface area contributed by atoms with Gasteiger partial charge in [0.15, 0.2) is 0 Å². The van der Waals surface area contributed by atoms with Crippen molar-refractivity contribution in [3.8, 4) is 0 Å². The van der Waals surface area contributed by atoms with E-state index in [-0.39, 0.29) is 10.8 Å². The number of rotatable bonds is 4. The second-order valence-electron chi connectivity index (χ2n) is 6.62. The SMILES string of the molecule is CNS(=O)(=O)c1cc(NC(=O)c2cc3c(s2)CCCCCC3)ccc1C. The molecule has 0 atom stereocenters. The highest BCUT2D eigenvalue weighted by Gasteiger charge is 2.18. The Morgan fingerprint density at radius 3 is 2.54 bits per heavy atom. The first-order chi connectivity index (χ1) is 12.4. The maximum Gasteiger partial charge on any atom is 0.265 e. The van der Waals surface area contributed by atoms with Crippen LogP contribution in [0.5, 0.6) is 0 Å². The highest BCUT2D eigenvalue weighted by Crippen LogP contribution is 2.29. The molecule has 7 heteroatoms. The molecule has 1 heterocycles. The number of sulfonamides is 1. The van der Waals surface area contributed by atoms with Crippen molar-refractivity contribution in [2.75, 3.05) is 12.4 Å². The fourth-order valence-corrected chi connectivity index (χ4v) is 5.37. The fraction of sp³-hybridized carbons (Fsp3) is 0.421. The first-order valence-electron chi connectivity index (χ1n) is 8.88. The predicted octanol–water partition coefficient (Wildman–Crippen LogP) is 3.88. The molecule has 0 bridgehead atoms. The summed E-state index contributed by atoms with van der Waals surface area (Å²) in [5.41, 5.74) is 2.41. The zero-order chi connectivity index (χ0) is 18.7. The van der Waals surface area contributed by atoms with Crippen LogP contribution >= 0.6 is 11.3 Å². The number of carbonyl (C=O) groups is 1. The topological polar surface area (TPSA) is 75.3 Å². The van der Waals surface area contributed by atoms with Crippen molar-refractivity contribution in [2.24, 2.45) is 0 Å². The zero-order valence-corrected chi connectivity index (χ0v) is 16.7. The van der Waals surface area contributed by atoms with E-state index in [9.17, 15) is 13.2 Å². The van der Waals surface area contributed by atoms with Gasteiger partial charge in [-0.05, 0) is 69.0 Å². The van der Waals surface area contributed by atoms with Crippen LogP contribution < -0.4 is 10.0 Å². The van der Waals surface area contributed by atoms with Crippen LogP contribution in [-0.2, 0) is 22.9 Å². The van der Waals surface area contributed by atoms with Gasteiger partial charge in [0.05, 0.1) is 9.77 Å². The van der Waals surface area contributed by atoms with Gasteiger partial charge in [-0.3, -0.25) is 4.79 Å². The number of benzene rings is 1. The van der Waals surface area contributed by atoms with E-state index in [4.69, 9.17) is 0 Å². The largest absolute Gasteiger partial charge is 0.321 e. The monoisotopic (exact) mass is 392 g/mol. The average molecular weight is 393 g/mol. The van der Waals surface area contributed by atoms with Gasteiger partial charge in [0.25, 0.3) is 5.91 Å². The molecule has 1 aliphatic rings. The zero-order valence-electron chi connectivity index (χ0n) is 15.1. The van der Waals surface area contributed by atoms with Gasteiger partial charge in [0, 0.05) is 10.6 Å². The van der Waals surface area contributed by atoms with Gasteiger partial charge in [-0.2, -0.15) is 0 Å². The molecule has 0 saturated heterocycles. The van der Waals surface area contributed by atoms with E-state index in [1.54, 1.807) is 30.4 Å². The minimum atomic E-state index is -3.56. The first kappa shape index (κ1) is 19.1. The van der Waals surface area contributed by atoms with E-state index in [0.717, 1.165) is 12.8 Å². The molecule has 3 rings (SSSR count). The molecular weight excluding hydrogens is 368 g/mol. The Hall–Kier alpha value is -1.70. The number of nitrogens with one attached hydrogen (secondary N) is 2. The van der Waals surface area contributed by atoms with Crippen molar-refractivity contribution in [2.45, 2.75) is 50.3 Å². The number of hydrogen-bond donors (Lipinski definition) is 2. The molecular formula is C19H24N2O3S2. The fourth-order valence-electron chi connectivity index (χ4n) is 3.23. The maximum absolute atomic E-state index is 12.7. The number of hydrogen-bond acceptors (Lipinski definition) is 4. The van der Waals surface area contributed by atoms with Gasteiger partial charge in [0.1, 0.15) is 0 Å². The summed E-state index contributed by atoms with van der Waals surface area (Å²) >= 11 is 1.56. The molecule has 1 aromatic heterocycles. The molecule has 0 fully saturated rings. The lowest BCUT2D eigenvalue weighted by Gasteiger charge is -2.10. The number of amides is 1. The summed E-state index contributed by atoms with van der Waals surface area (Å²) < 4.78 is 26.5. The van der Waals surface area contributed by atoms with E-state index < -0.39 is 10.0 Å². The van der Waals surface area contributed by atoms with Crippen LogP contribution in [0.4, 0.5) is 5.69 Å². The smallest absolute Gasteiger partial charge is 0.265 e. The van der Waals surface area contributed by atoms with E-state index in [2.05, 4.69) is 10.0 Å². The van der Waals surface area contributed by atoms with E-state index in [0.29, 0.717) is 16.1 Å². The number of thiophene rings is 1. The molecule has 140 valence electrons. The van der Waals surface area contributed by atoms with Crippen molar-refractivity contribution < 1.29 is 13.2 Å². The van der Waals surface area contributed by atoms with Crippen LogP contribution in [0, 0.1) is 6.92 Å². The molecule has 0 spiro atoms. The molecule has 0 unspecified atom stereocenters. The maximum atomic E-state index is 12.7. The van der Waals surface area contributed by atoms with Crippen LogP contribution in [0.1, 0.15) is 51.4 Å². The predicted molar refractivity (Wildman–Crippen MR) is 106 cm³/mol. The van der Waals surface area contributed by atoms with Crippen LogP contribution in [0.3, 0.4) is 0 Å². The highest BCUT2D eigenvalue weighted by atomic mass is 32.2. The Morgan fingerprint density at radius 1 is 1.08 bits per heavy atom. The van der Waals surface area contributed by atoms with Gasteiger partial charge in [-0.15, -0.1) is 11.3 Å². The minimum absolute atomic E-state index is 0.177. The Balaban J connectivity index is 1.82. The summed E-state index contributed by atoms with van der Waals surface area (Å²) in [5.74, 6) is -0.182. The molecule has 0 aliphatic heterocycles. The van der Waals surface area contributed by atoms with Gasteiger partial charge in [-0.1, -0.05) is 18.9 Å². The lowest BCUT2D eigenvalue weighted by molar-refractivity contribution is 0.103. The van der Waals surface area contributed by atoms with E-state index in [1.165, 1.54) is 49.2 Å². The summed E-state index contributed by atoms with van der Waals surface area (Å²) in [5, 5.41) is 2.84. The Bertz CT molecular complexity index is 891. The normalized spacial score (nSPS) is 15.0. The molecule has 2 N–H and O–H groups in total. The van der Waals surface area contributed by atoms with Crippen LogP contribution in [0.25, 0.3) is 0 Å². The van der Waals surface area contributed by atoms with Gasteiger partial charge in [0.2, 0.25) is 10.0 Å². The Labute approximate surface area is 158 Å². The lowest BCUT2D eigenvalue weighted by atomic mass is 10.00. The number of anilines is 1. The Morgan fingerprint density at radius 2 is 1.81 bits per heavy atom. The minimum Gasteiger partial charge on any atom is -0.321 e. The third kappa shape index (κ3) is 4.16. The number of carbonyl (C=O) groups excluding carboxylic acids is 1. The number of fused-ring (bicyclic) bond motifs is 1. The molecule has 0 radical (unpaired) electrons. The third-order valence-electron chi connectivity index (χ3n) is 4.72. The van der Waals surface area contributed by atoms with Crippen LogP contribution in [0.2, 0.25) is 0 Å². The molecule has 0 saturated carbocycles. The number of aryl methyl sites for hydroxylation is 3. The quantitative estimate of drug-likeness (QED) is 0.829. The highest BCUT2D eigenvalue weighted by molar-refractivity contribution is 7.89. The third-order valence-corrected chi connectivity index (χ3v) is 7.52. The van der Waals surface area contributed by atoms with E-state index >= 15 is 0 Å². The molecule has 2 aromatic rings. The van der Waals surface area contributed by atoms with Crippen molar-refractivity contribution >= 4 is 33.0 Å². The summed E-state index contributed by atoms with van der Waals surface area (Å²) in [6.07, 6.45) is 6.94. The second-order valence-corrected chi connectivity index (χ2v) is 9.61. The summed E-state index contributed by atoms with van der Waals surface area (Å²) in [7, 11) is -2.18. The molecule has 5 nitrogen and oxygen atoms in total. The first-order valence-corrected chi connectivity index (χ1v) is 11.2. The van der Waals surface area contributed by atoms with Crippen molar-refractivity contribution in [1.29, 1.82) is 0 Å². The van der Waals surface area contributed by atoms with Crippen molar-refractivity contribution in [1.82, 2.24) is 4.72 Å². The molecule has 1 aromatic carbocycles. The van der Waals surface area contributed by atoms with Crippen molar-refractivity contribution in [3.63, 3.8) is 0 Å².